The maximum atomic E-state index is 11.7. The molecule has 0 aliphatic rings. The third-order valence-electron chi connectivity index (χ3n) is 3.97. The second-order valence-electron chi connectivity index (χ2n) is 5.64. The number of carbonyl (C=O) groups excluding carboxylic acids is 2. The number of carbonyl (C=O) groups is 2. The van der Waals surface area contributed by atoms with Gasteiger partial charge in [-0.25, -0.2) is 4.79 Å². The molecule has 0 bridgehead atoms. The van der Waals surface area contributed by atoms with E-state index in [0.29, 0.717) is 12.0 Å². The van der Waals surface area contributed by atoms with Gasteiger partial charge >= 0.3 is 5.97 Å². The van der Waals surface area contributed by atoms with Crippen LogP contribution in [0.3, 0.4) is 0 Å². The van der Waals surface area contributed by atoms with Crippen molar-refractivity contribution in [3.8, 4) is 6.07 Å². The van der Waals surface area contributed by atoms with Gasteiger partial charge in [0, 0.05) is 12.3 Å². The van der Waals surface area contributed by atoms with E-state index >= 15 is 0 Å². The van der Waals surface area contributed by atoms with Crippen LogP contribution in [-0.2, 0) is 9.53 Å². The summed E-state index contributed by atoms with van der Waals surface area (Å²) in [5, 5.41) is 9.70. The fourth-order valence-electron chi connectivity index (χ4n) is 2.78. The van der Waals surface area contributed by atoms with Crippen LogP contribution in [-0.4, -0.2) is 18.9 Å². The van der Waals surface area contributed by atoms with Crippen molar-refractivity contribution in [2.24, 2.45) is 0 Å². The minimum absolute atomic E-state index is 0.0373. The molecular weight excluding hydrogens is 302 g/mol. The summed E-state index contributed by atoms with van der Waals surface area (Å²) in [6, 6.07) is 18.7. The summed E-state index contributed by atoms with van der Waals surface area (Å²) in [6.45, 7) is 1.53. The number of hydrogen-bond donors (Lipinski definition) is 0. The van der Waals surface area contributed by atoms with Crippen LogP contribution in [0, 0.1) is 11.3 Å². The van der Waals surface area contributed by atoms with Gasteiger partial charge < -0.3 is 9.53 Å². The SMILES string of the molecule is COC(=O)c1ccc(C(C#N)C(CC(C)=O)c2ccccc2)cc1. The lowest BCUT2D eigenvalue weighted by Gasteiger charge is -2.22. The standard InChI is InChI=1S/C20H19NO3/c1-14(22)12-18(15-6-4-3-5-7-15)19(13-21)16-8-10-17(11-9-16)20(23)24-2/h3-11,18-19H,12H2,1-2H3. The molecule has 2 rings (SSSR count). The van der Waals surface area contributed by atoms with Crippen LogP contribution in [0.5, 0.6) is 0 Å². The highest BCUT2D eigenvalue weighted by atomic mass is 16.5. The van der Waals surface area contributed by atoms with Crippen LogP contribution in [0.1, 0.15) is 46.7 Å². The summed E-state index contributed by atoms with van der Waals surface area (Å²) in [6.07, 6.45) is 0.293. The molecule has 4 nitrogen and oxygen atoms in total. The number of methoxy groups -OCH3 is 1. The van der Waals surface area contributed by atoms with Gasteiger partial charge in [0.25, 0.3) is 0 Å². The van der Waals surface area contributed by atoms with Gasteiger partial charge in [0.05, 0.1) is 24.7 Å². The Hall–Kier alpha value is -2.93. The lowest BCUT2D eigenvalue weighted by Crippen LogP contribution is -2.13. The summed E-state index contributed by atoms with van der Waals surface area (Å²) in [7, 11) is 1.33. The van der Waals surface area contributed by atoms with Crippen LogP contribution in [0.2, 0.25) is 0 Å². The first kappa shape index (κ1) is 17.4. The molecule has 0 spiro atoms. The summed E-state index contributed by atoms with van der Waals surface area (Å²) in [5.74, 6) is -1.07. The number of nitrogens with zero attached hydrogens (tertiary/aromatic N) is 1. The number of ether oxygens (including phenoxy) is 1. The van der Waals surface area contributed by atoms with E-state index in [1.54, 1.807) is 24.3 Å². The van der Waals surface area contributed by atoms with Crippen molar-refractivity contribution < 1.29 is 14.3 Å². The van der Waals surface area contributed by atoms with Gasteiger partial charge in [0.2, 0.25) is 0 Å². The molecule has 0 saturated carbocycles. The topological polar surface area (TPSA) is 67.2 Å². The van der Waals surface area contributed by atoms with Gasteiger partial charge in [-0.2, -0.15) is 5.26 Å². The normalized spacial score (nSPS) is 12.7. The first-order valence-corrected chi connectivity index (χ1v) is 7.69. The van der Waals surface area contributed by atoms with Crippen LogP contribution in [0.15, 0.2) is 54.6 Å². The van der Waals surface area contributed by atoms with E-state index in [1.807, 2.05) is 30.3 Å². The Morgan fingerprint density at radius 2 is 1.67 bits per heavy atom. The number of hydrogen-bond acceptors (Lipinski definition) is 4. The highest BCUT2D eigenvalue weighted by Gasteiger charge is 2.26. The van der Waals surface area contributed by atoms with Gasteiger partial charge in [-0.15, -0.1) is 0 Å². The highest BCUT2D eigenvalue weighted by Crippen LogP contribution is 2.35. The zero-order valence-corrected chi connectivity index (χ0v) is 13.7. The number of nitriles is 1. The molecule has 0 aliphatic carbocycles. The van der Waals surface area contributed by atoms with Crippen molar-refractivity contribution in [1.29, 1.82) is 5.26 Å². The molecule has 2 aromatic carbocycles. The third-order valence-corrected chi connectivity index (χ3v) is 3.97. The number of benzene rings is 2. The number of ketones is 1. The van der Waals surface area contributed by atoms with Crippen molar-refractivity contribution in [3.63, 3.8) is 0 Å². The van der Waals surface area contributed by atoms with E-state index < -0.39 is 11.9 Å². The zero-order chi connectivity index (χ0) is 17.5. The van der Waals surface area contributed by atoms with Crippen molar-refractivity contribution in [3.05, 3.63) is 71.3 Å². The van der Waals surface area contributed by atoms with Crippen molar-refractivity contribution in [1.82, 2.24) is 0 Å². The minimum Gasteiger partial charge on any atom is -0.465 e. The summed E-state index contributed by atoms with van der Waals surface area (Å²) in [4.78, 5) is 23.2. The molecule has 0 N–H and O–H groups in total. The van der Waals surface area contributed by atoms with E-state index in [0.717, 1.165) is 11.1 Å². The van der Waals surface area contributed by atoms with Crippen LogP contribution < -0.4 is 0 Å². The molecule has 2 atom stereocenters. The maximum Gasteiger partial charge on any atom is 0.337 e. The Morgan fingerprint density at radius 1 is 1.04 bits per heavy atom. The Kier molecular flexibility index (Phi) is 5.86. The van der Waals surface area contributed by atoms with Gasteiger partial charge in [0.15, 0.2) is 0 Å². The summed E-state index contributed by atoms with van der Waals surface area (Å²) >= 11 is 0. The van der Waals surface area contributed by atoms with E-state index in [-0.39, 0.29) is 11.7 Å². The van der Waals surface area contributed by atoms with Crippen molar-refractivity contribution >= 4 is 11.8 Å². The van der Waals surface area contributed by atoms with Gasteiger partial charge in [-0.1, -0.05) is 42.5 Å². The van der Waals surface area contributed by atoms with Gasteiger partial charge in [-0.3, -0.25) is 0 Å². The maximum absolute atomic E-state index is 11.7. The molecule has 0 aliphatic heterocycles. The molecule has 0 amide bonds. The molecule has 0 aromatic heterocycles. The van der Waals surface area contributed by atoms with Crippen LogP contribution in [0.25, 0.3) is 0 Å². The first-order chi connectivity index (χ1) is 11.6. The quantitative estimate of drug-likeness (QED) is 0.758. The van der Waals surface area contributed by atoms with Crippen molar-refractivity contribution in [2.45, 2.75) is 25.2 Å². The van der Waals surface area contributed by atoms with Gasteiger partial charge in [0.1, 0.15) is 5.78 Å². The minimum atomic E-state index is -0.469. The molecular formula is C20H19NO3. The van der Waals surface area contributed by atoms with Gasteiger partial charge in [-0.05, 0) is 30.2 Å². The second kappa shape index (κ2) is 8.07. The monoisotopic (exact) mass is 321 g/mol. The lowest BCUT2D eigenvalue weighted by molar-refractivity contribution is -0.117. The smallest absolute Gasteiger partial charge is 0.337 e. The molecule has 0 saturated heterocycles. The summed E-state index contributed by atoms with van der Waals surface area (Å²) < 4.78 is 4.68. The van der Waals surface area contributed by atoms with Crippen molar-refractivity contribution in [2.75, 3.05) is 7.11 Å². The molecule has 122 valence electrons. The predicted octanol–water partition coefficient (Wildman–Crippen LogP) is 3.84. The number of rotatable bonds is 6. The Morgan fingerprint density at radius 3 is 2.17 bits per heavy atom. The molecule has 2 unspecified atom stereocenters. The first-order valence-electron chi connectivity index (χ1n) is 7.69. The Labute approximate surface area is 141 Å². The molecule has 4 heteroatoms. The largest absolute Gasteiger partial charge is 0.465 e. The van der Waals surface area contributed by atoms with E-state index in [2.05, 4.69) is 10.8 Å². The molecule has 24 heavy (non-hydrogen) atoms. The average molecular weight is 321 g/mol. The highest BCUT2D eigenvalue weighted by molar-refractivity contribution is 5.89. The Balaban J connectivity index is 2.37. The molecule has 0 radical (unpaired) electrons. The molecule has 0 fully saturated rings. The van der Waals surface area contributed by atoms with Crippen LogP contribution in [0.4, 0.5) is 0 Å². The second-order valence-corrected chi connectivity index (χ2v) is 5.64. The van der Waals surface area contributed by atoms with Crippen LogP contribution >= 0.6 is 0 Å². The fraction of sp³-hybridized carbons (Fsp3) is 0.250. The zero-order valence-electron chi connectivity index (χ0n) is 13.7. The van der Waals surface area contributed by atoms with E-state index in [1.165, 1.54) is 14.0 Å². The molecule has 2 aromatic rings. The Bertz CT molecular complexity index is 745. The average Bonchev–Trinajstić information content (AvgIpc) is 2.62. The fourth-order valence-corrected chi connectivity index (χ4v) is 2.78. The molecule has 0 heterocycles. The number of Topliss-reactive ketones (excluding diaryl/α,β-unsaturated/α-hetero) is 1. The van der Waals surface area contributed by atoms with E-state index in [9.17, 15) is 14.9 Å². The summed E-state index contributed by atoms with van der Waals surface area (Å²) in [5.41, 5.74) is 2.16. The predicted molar refractivity (Wildman–Crippen MR) is 90.6 cm³/mol. The third kappa shape index (κ3) is 4.08. The lowest BCUT2D eigenvalue weighted by atomic mass is 9.79. The van der Waals surface area contributed by atoms with E-state index in [4.69, 9.17) is 0 Å². The number of esters is 1.